The van der Waals surface area contributed by atoms with Crippen molar-refractivity contribution in [1.82, 2.24) is 29.7 Å². The minimum absolute atomic E-state index is 0.175. The van der Waals surface area contributed by atoms with Crippen LogP contribution in [0.15, 0.2) is 24.7 Å². The van der Waals surface area contributed by atoms with Crippen molar-refractivity contribution < 1.29 is 27.4 Å². The van der Waals surface area contributed by atoms with Gasteiger partial charge in [-0.15, -0.1) is 10.2 Å². The predicted octanol–water partition coefficient (Wildman–Crippen LogP) is 2.84. The third-order valence-electron chi connectivity index (χ3n) is 5.85. The van der Waals surface area contributed by atoms with Crippen LogP contribution < -0.4 is 9.47 Å². The van der Waals surface area contributed by atoms with Crippen LogP contribution in [-0.2, 0) is 25.1 Å². The van der Waals surface area contributed by atoms with Crippen molar-refractivity contribution in [3.8, 4) is 23.0 Å². The van der Waals surface area contributed by atoms with Gasteiger partial charge in [-0.05, 0) is 26.8 Å². The molecule has 0 radical (unpaired) electrons. The van der Waals surface area contributed by atoms with Gasteiger partial charge in [-0.1, -0.05) is 11.6 Å². The largest absolute Gasteiger partial charge is 0.485 e. The van der Waals surface area contributed by atoms with Gasteiger partial charge in [0.05, 0.1) is 41.7 Å². The summed E-state index contributed by atoms with van der Waals surface area (Å²) in [5, 5.41) is 7.94. The van der Waals surface area contributed by atoms with Gasteiger partial charge in [0.1, 0.15) is 24.3 Å². The summed E-state index contributed by atoms with van der Waals surface area (Å²) in [7, 11) is -0.788. The number of methoxy groups -OCH3 is 2. The van der Waals surface area contributed by atoms with Gasteiger partial charge in [0.25, 0.3) is 5.88 Å². The SMILES string of the molecule is COC[C@H]1COc2c(ccnc2OC)-c2nnc(CS(=O)(=O)[C@@H](C)[C@@H](OC(C)C)c3ncc(Cl)cn3)n21. The van der Waals surface area contributed by atoms with Crippen molar-refractivity contribution in [1.29, 1.82) is 0 Å². The molecule has 3 atom stereocenters. The molecule has 14 heteroatoms. The zero-order chi connectivity index (χ0) is 26.7. The summed E-state index contributed by atoms with van der Waals surface area (Å²) in [5.41, 5.74) is 0.588. The Morgan fingerprint density at radius 3 is 2.54 bits per heavy atom. The van der Waals surface area contributed by atoms with Crippen LogP contribution in [-0.4, -0.2) is 76.9 Å². The molecule has 0 amide bonds. The van der Waals surface area contributed by atoms with Gasteiger partial charge in [0, 0.05) is 25.7 Å². The molecule has 0 bridgehead atoms. The van der Waals surface area contributed by atoms with Crippen molar-refractivity contribution in [3.63, 3.8) is 0 Å². The number of sulfone groups is 1. The van der Waals surface area contributed by atoms with Gasteiger partial charge >= 0.3 is 0 Å². The van der Waals surface area contributed by atoms with Gasteiger partial charge in [-0.2, -0.15) is 0 Å². The first-order chi connectivity index (χ1) is 17.7. The Morgan fingerprint density at radius 2 is 1.89 bits per heavy atom. The highest BCUT2D eigenvalue weighted by Crippen LogP contribution is 2.40. The number of ether oxygens (including phenoxy) is 4. The van der Waals surface area contributed by atoms with E-state index >= 15 is 0 Å². The molecule has 0 saturated carbocycles. The Bertz CT molecular complexity index is 1330. The highest BCUT2D eigenvalue weighted by Gasteiger charge is 2.37. The van der Waals surface area contributed by atoms with Crippen LogP contribution in [0.25, 0.3) is 11.4 Å². The lowest BCUT2D eigenvalue weighted by Crippen LogP contribution is -2.32. The standard InChI is InChI=1S/C23H29ClN6O6S/c1-13(2)36-19(21-26-8-15(24)9-27-21)14(3)37(31,32)12-18-28-29-22-17-6-7-25-23(34-5)20(17)35-11-16(10-33-4)30(18)22/h6-9,13-14,16,19H,10-12H2,1-5H3/t14-,16-,19+/m0/s1. The van der Waals surface area contributed by atoms with Gasteiger partial charge < -0.3 is 23.5 Å². The molecule has 0 aromatic carbocycles. The molecule has 0 saturated heterocycles. The number of nitrogens with zero attached hydrogens (tertiary/aromatic N) is 6. The van der Waals surface area contributed by atoms with E-state index in [4.69, 9.17) is 30.5 Å². The molecular weight excluding hydrogens is 524 g/mol. The number of hydrogen-bond acceptors (Lipinski definition) is 11. The number of fused-ring (bicyclic) bond motifs is 3. The first-order valence-corrected chi connectivity index (χ1v) is 13.7. The first kappa shape index (κ1) is 27.2. The van der Waals surface area contributed by atoms with Crippen LogP contribution in [0.1, 0.15) is 44.6 Å². The molecule has 1 aliphatic rings. The van der Waals surface area contributed by atoms with E-state index in [0.717, 1.165) is 0 Å². The van der Waals surface area contributed by atoms with Crippen LogP contribution in [0, 0.1) is 0 Å². The number of pyridine rings is 1. The summed E-state index contributed by atoms with van der Waals surface area (Å²) in [6.07, 6.45) is 3.20. The lowest BCUT2D eigenvalue weighted by Gasteiger charge is -2.25. The Labute approximate surface area is 220 Å². The summed E-state index contributed by atoms with van der Waals surface area (Å²) >= 11 is 5.93. The van der Waals surface area contributed by atoms with Gasteiger partial charge in [-0.3, -0.25) is 0 Å². The molecule has 0 spiro atoms. The third kappa shape index (κ3) is 5.69. The Kier molecular flexibility index (Phi) is 8.26. The highest BCUT2D eigenvalue weighted by atomic mass is 35.5. The molecule has 200 valence electrons. The Hall–Kier alpha value is -2.87. The van der Waals surface area contributed by atoms with E-state index in [-0.39, 0.29) is 31.0 Å². The van der Waals surface area contributed by atoms with Crippen molar-refractivity contribution in [3.05, 3.63) is 41.3 Å². The van der Waals surface area contributed by atoms with E-state index in [1.54, 1.807) is 30.9 Å². The summed E-state index contributed by atoms with van der Waals surface area (Å²) in [4.78, 5) is 12.6. The van der Waals surface area contributed by atoms with E-state index in [2.05, 4.69) is 25.1 Å². The second kappa shape index (κ2) is 11.3. The van der Waals surface area contributed by atoms with E-state index in [9.17, 15) is 8.42 Å². The molecule has 3 aromatic rings. The van der Waals surface area contributed by atoms with Gasteiger partial charge in [0.2, 0.25) is 0 Å². The molecule has 12 nitrogen and oxygen atoms in total. The second-order valence-corrected chi connectivity index (χ2v) is 11.6. The molecule has 0 aliphatic carbocycles. The van der Waals surface area contributed by atoms with Gasteiger partial charge in [-0.25, -0.2) is 23.4 Å². The monoisotopic (exact) mass is 552 g/mol. The summed E-state index contributed by atoms with van der Waals surface area (Å²) < 4.78 is 51.9. The molecule has 4 rings (SSSR count). The fourth-order valence-corrected chi connectivity index (χ4v) is 5.57. The lowest BCUT2D eigenvalue weighted by molar-refractivity contribution is 0.00142. The van der Waals surface area contributed by atoms with E-state index < -0.39 is 33.0 Å². The minimum Gasteiger partial charge on any atom is -0.485 e. The maximum Gasteiger partial charge on any atom is 0.257 e. The Morgan fingerprint density at radius 1 is 1.16 bits per heavy atom. The molecule has 3 aromatic heterocycles. The fraction of sp³-hybridized carbons (Fsp3) is 0.522. The predicted molar refractivity (Wildman–Crippen MR) is 134 cm³/mol. The first-order valence-electron chi connectivity index (χ1n) is 11.6. The zero-order valence-electron chi connectivity index (χ0n) is 21.2. The molecule has 0 fully saturated rings. The van der Waals surface area contributed by atoms with Crippen molar-refractivity contribution in [2.45, 2.75) is 50.0 Å². The van der Waals surface area contributed by atoms with Crippen molar-refractivity contribution in [2.75, 3.05) is 27.4 Å². The summed E-state index contributed by atoms with van der Waals surface area (Å²) in [6, 6.07) is 1.33. The molecular formula is C23H29ClN6O6S. The van der Waals surface area contributed by atoms with Crippen LogP contribution >= 0.6 is 11.6 Å². The second-order valence-electron chi connectivity index (χ2n) is 8.80. The lowest BCUT2D eigenvalue weighted by atomic mass is 10.2. The minimum atomic E-state index is -3.84. The number of rotatable bonds is 10. The smallest absolute Gasteiger partial charge is 0.257 e. The normalized spacial score (nSPS) is 16.9. The van der Waals surface area contributed by atoms with Crippen LogP contribution in [0.2, 0.25) is 5.02 Å². The van der Waals surface area contributed by atoms with Crippen molar-refractivity contribution >= 4 is 21.4 Å². The molecule has 0 unspecified atom stereocenters. The molecule has 1 aliphatic heterocycles. The van der Waals surface area contributed by atoms with Crippen LogP contribution in [0.5, 0.6) is 11.6 Å². The van der Waals surface area contributed by atoms with E-state index in [1.165, 1.54) is 19.5 Å². The van der Waals surface area contributed by atoms with E-state index in [1.807, 2.05) is 13.8 Å². The molecule has 37 heavy (non-hydrogen) atoms. The zero-order valence-corrected chi connectivity index (χ0v) is 22.7. The fourth-order valence-electron chi connectivity index (χ4n) is 4.09. The maximum absolute atomic E-state index is 13.7. The topological polar surface area (TPSA) is 140 Å². The van der Waals surface area contributed by atoms with Crippen LogP contribution in [0.3, 0.4) is 0 Å². The van der Waals surface area contributed by atoms with Crippen molar-refractivity contribution in [2.24, 2.45) is 0 Å². The molecule has 0 N–H and O–H groups in total. The summed E-state index contributed by atoms with van der Waals surface area (Å²) in [5.74, 6) is 1.22. The number of halogens is 1. The Balaban J connectivity index is 1.73. The quantitative estimate of drug-likeness (QED) is 0.366. The van der Waals surface area contributed by atoms with E-state index in [0.29, 0.717) is 28.0 Å². The molecule has 4 heterocycles. The van der Waals surface area contributed by atoms with Gasteiger partial charge in [0.15, 0.2) is 27.2 Å². The summed E-state index contributed by atoms with van der Waals surface area (Å²) in [6.45, 7) is 5.62. The van der Waals surface area contributed by atoms with Crippen LogP contribution in [0.4, 0.5) is 0 Å². The third-order valence-corrected chi connectivity index (χ3v) is 8.09. The highest BCUT2D eigenvalue weighted by molar-refractivity contribution is 7.91. The number of aromatic nitrogens is 6. The average molecular weight is 553 g/mol. The average Bonchev–Trinajstić information content (AvgIpc) is 3.19. The maximum atomic E-state index is 13.7. The number of hydrogen-bond donors (Lipinski definition) is 0.